The van der Waals surface area contributed by atoms with Crippen molar-refractivity contribution in [1.82, 2.24) is 5.32 Å². The highest BCUT2D eigenvalue weighted by Crippen LogP contribution is 2.22. The standard InChI is InChI=1S/C13H17BrN2O/c1-2-9-7-10(14)3-5-12(9)15-8-11-4-6-13(17)16-11/h3,5,7,11,15H,2,4,6,8H2,1H3,(H,16,17). The van der Waals surface area contributed by atoms with Crippen molar-refractivity contribution in [3.8, 4) is 0 Å². The van der Waals surface area contributed by atoms with E-state index in [4.69, 9.17) is 0 Å². The molecule has 1 unspecified atom stereocenters. The summed E-state index contributed by atoms with van der Waals surface area (Å²) in [6.45, 7) is 2.95. The second kappa shape index (κ2) is 5.54. The molecule has 2 N–H and O–H groups in total. The highest BCUT2D eigenvalue weighted by Gasteiger charge is 2.20. The maximum Gasteiger partial charge on any atom is 0.220 e. The minimum absolute atomic E-state index is 0.170. The van der Waals surface area contributed by atoms with E-state index in [2.05, 4.69) is 45.6 Å². The molecule has 1 atom stereocenters. The molecule has 1 aliphatic rings. The van der Waals surface area contributed by atoms with Gasteiger partial charge < -0.3 is 10.6 Å². The Morgan fingerprint density at radius 3 is 3.00 bits per heavy atom. The average Bonchev–Trinajstić information content (AvgIpc) is 2.73. The van der Waals surface area contributed by atoms with Crippen LogP contribution in [0.5, 0.6) is 0 Å². The van der Waals surface area contributed by atoms with Gasteiger partial charge in [0.1, 0.15) is 0 Å². The van der Waals surface area contributed by atoms with Gasteiger partial charge in [0.25, 0.3) is 0 Å². The van der Waals surface area contributed by atoms with Crippen LogP contribution in [0.2, 0.25) is 0 Å². The van der Waals surface area contributed by atoms with Crippen LogP contribution in [0.3, 0.4) is 0 Å². The van der Waals surface area contributed by atoms with Gasteiger partial charge in [-0.3, -0.25) is 4.79 Å². The summed E-state index contributed by atoms with van der Waals surface area (Å²) in [5.41, 5.74) is 2.46. The fourth-order valence-electron chi connectivity index (χ4n) is 2.09. The van der Waals surface area contributed by atoms with Crippen molar-refractivity contribution in [2.24, 2.45) is 0 Å². The van der Waals surface area contributed by atoms with Crippen LogP contribution in [0.25, 0.3) is 0 Å². The fraction of sp³-hybridized carbons (Fsp3) is 0.462. The van der Waals surface area contributed by atoms with Gasteiger partial charge in [-0.05, 0) is 36.6 Å². The molecule has 17 heavy (non-hydrogen) atoms. The van der Waals surface area contributed by atoms with Gasteiger partial charge in [-0.15, -0.1) is 0 Å². The summed E-state index contributed by atoms with van der Waals surface area (Å²) in [5, 5.41) is 6.38. The Hall–Kier alpha value is -1.03. The molecular weight excluding hydrogens is 280 g/mol. The molecule has 0 radical (unpaired) electrons. The molecule has 1 aromatic rings. The lowest BCUT2D eigenvalue weighted by Crippen LogP contribution is -2.31. The summed E-state index contributed by atoms with van der Waals surface area (Å²) in [4.78, 5) is 11.1. The summed E-state index contributed by atoms with van der Waals surface area (Å²) >= 11 is 3.48. The van der Waals surface area contributed by atoms with Gasteiger partial charge >= 0.3 is 0 Å². The second-order valence-corrected chi connectivity index (χ2v) is 5.25. The number of amides is 1. The van der Waals surface area contributed by atoms with E-state index in [-0.39, 0.29) is 11.9 Å². The number of hydrogen-bond donors (Lipinski definition) is 2. The molecule has 0 aliphatic carbocycles. The molecule has 1 amide bonds. The molecule has 2 rings (SSSR count). The number of nitrogens with one attached hydrogen (secondary N) is 2. The molecule has 1 aromatic carbocycles. The van der Waals surface area contributed by atoms with Crippen molar-refractivity contribution in [1.29, 1.82) is 0 Å². The van der Waals surface area contributed by atoms with Gasteiger partial charge in [0.05, 0.1) is 0 Å². The van der Waals surface area contributed by atoms with Crippen molar-refractivity contribution in [2.45, 2.75) is 32.2 Å². The van der Waals surface area contributed by atoms with Crippen molar-refractivity contribution < 1.29 is 4.79 Å². The monoisotopic (exact) mass is 296 g/mol. The van der Waals surface area contributed by atoms with Crippen LogP contribution >= 0.6 is 15.9 Å². The van der Waals surface area contributed by atoms with E-state index >= 15 is 0 Å². The summed E-state index contributed by atoms with van der Waals surface area (Å²) in [6, 6.07) is 6.53. The highest BCUT2D eigenvalue weighted by atomic mass is 79.9. The first-order valence-electron chi connectivity index (χ1n) is 6.00. The zero-order valence-corrected chi connectivity index (χ0v) is 11.5. The number of hydrogen-bond acceptors (Lipinski definition) is 2. The third-order valence-corrected chi connectivity index (χ3v) is 3.57. The maximum absolute atomic E-state index is 11.1. The first-order chi connectivity index (χ1) is 8.19. The minimum Gasteiger partial charge on any atom is -0.383 e. The van der Waals surface area contributed by atoms with E-state index in [1.807, 2.05) is 6.07 Å². The molecule has 4 heteroatoms. The molecule has 1 saturated heterocycles. The summed E-state index contributed by atoms with van der Waals surface area (Å²) in [5.74, 6) is 0.170. The Morgan fingerprint density at radius 2 is 2.35 bits per heavy atom. The molecule has 0 saturated carbocycles. The third-order valence-electron chi connectivity index (χ3n) is 3.07. The van der Waals surface area contributed by atoms with Crippen LogP contribution in [-0.4, -0.2) is 18.5 Å². The van der Waals surface area contributed by atoms with Gasteiger partial charge in [0, 0.05) is 29.2 Å². The fourth-order valence-corrected chi connectivity index (χ4v) is 2.50. The Bertz CT molecular complexity index is 420. The van der Waals surface area contributed by atoms with Gasteiger partial charge in [0.2, 0.25) is 5.91 Å². The Morgan fingerprint density at radius 1 is 1.53 bits per heavy atom. The zero-order chi connectivity index (χ0) is 12.3. The van der Waals surface area contributed by atoms with E-state index in [1.54, 1.807) is 0 Å². The van der Waals surface area contributed by atoms with E-state index in [9.17, 15) is 4.79 Å². The van der Waals surface area contributed by atoms with Crippen molar-refractivity contribution in [3.05, 3.63) is 28.2 Å². The Labute approximate surface area is 110 Å². The number of carbonyl (C=O) groups is 1. The van der Waals surface area contributed by atoms with Crippen LogP contribution in [0.1, 0.15) is 25.3 Å². The number of rotatable bonds is 4. The Kier molecular flexibility index (Phi) is 4.05. The highest BCUT2D eigenvalue weighted by molar-refractivity contribution is 9.10. The van der Waals surface area contributed by atoms with Gasteiger partial charge in [-0.2, -0.15) is 0 Å². The number of anilines is 1. The second-order valence-electron chi connectivity index (χ2n) is 4.34. The molecule has 92 valence electrons. The molecule has 0 bridgehead atoms. The average molecular weight is 297 g/mol. The lowest BCUT2D eigenvalue weighted by Gasteiger charge is -2.15. The van der Waals surface area contributed by atoms with Crippen LogP contribution in [-0.2, 0) is 11.2 Å². The maximum atomic E-state index is 11.1. The van der Waals surface area contributed by atoms with Crippen molar-refractivity contribution >= 4 is 27.5 Å². The predicted molar refractivity (Wildman–Crippen MR) is 73.2 cm³/mol. The van der Waals surface area contributed by atoms with Crippen LogP contribution < -0.4 is 10.6 Å². The minimum atomic E-state index is 0.170. The summed E-state index contributed by atoms with van der Waals surface area (Å²) < 4.78 is 1.11. The number of benzene rings is 1. The predicted octanol–water partition coefficient (Wildman–Crippen LogP) is 2.70. The molecule has 0 aromatic heterocycles. The van der Waals surface area contributed by atoms with E-state index in [1.165, 1.54) is 5.56 Å². The number of carbonyl (C=O) groups excluding carboxylic acids is 1. The van der Waals surface area contributed by atoms with E-state index in [0.717, 1.165) is 29.5 Å². The van der Waals surface area contributed by atoms with Gasteiger partial charge in [0.15, 0.2) is 0 Å². The number of aryl methyl sites for hydroxylation is 1. The first-order valence-corrected chi connectivity index (χ1v) is 6.80. The third kappa shape index (κ3) is 3.22. The largest absolute Gasteiger partial charge is 0.383 e. The lowest BCUT2D eigenvalue weighted by atomic mass is 10.1. The first kappa shape index (κ1) is 12.4. The number of halogens is 1. The van der Waals surface area contributed by atoms with E-state index in [0.29, 0.717) is 6.42 Å². The Balaban J connectivity index is 1.96. The molecule has 1 aliphatic heterocycles. The molecular formula is C13H17BrN2O. The van der Waals surface area contributed by atoms with E-state index < -0.39 is 0 Å². The normalized spacial score (nSPS) is 19.2. The summed E-state index contributed by atoms with van der Waals surface area (Å²) in [7, 11) is 0. The molecule has 1 heterocycles. The molecule has 0 spiro atoms. The smallest absolute Gasteiger partial charge is 0.220 e. The SMILES string of the molecule is CCc1cc(Br)ccc1NCC1CCC(=O)N1. The molecule has 3 nitrogen and oxygen atoms in total. The zero-order valence-electron chi connectivity index (χ0n) is 9.92. The lowest BCUT2D eigenvalue weighted by molar-refractivity contribution is -0.119. The van der Waals surface area contributed by atoms with Gasteiger partial charge in [-0.1, -0.05) is 22.9 Å². The van der Waals surface area contributed by atoms with Crippen molar-refractivity contribution in [3.63, 3.8) is 0 Å². The van der Waals surface area contributed by atoms with Crippen LogP contribution in [0.15, 0.2) is 22.7 Å². The van der Waals surface area contributed by atoms with Crippen molar-refractivity contribution in [2.75, 3.05) is 11.9 Å². The quantitative estimate of drug-likeness (QED) is 0.897. The topological polar surface area (TPSA) is 41.1 Å². The van der Waals surface area contributed by atoms with Crippen LogP contribution in [0.4, 0.5) is 5.69 Å². The van der Waals surface area contributed by atoms with Gasteiger partial charge in [-0.25, -0.2) is 0 Å². The molecule has 1 fully saturated rings. The summed E-state index contributed by atoms with van der Waals surface area (Å²) in [6.07, 6.45) is 2.59. The van der Waals surface area contributed by atoms with Crippen LogP contribution in [0, 0.1) is 0 Å².